The van der Waals surface area contributed by atoms with Crippen LogP contribution in [-0.2, 0) is 27.4 Å². The number of carbonyl (C=O) groups excluding carboxylic acids is 3. The fourth-order valence-electron chi connectivity index (χ4n) is 3.96. The third-order valence-corrected chi connectivity index (χ3v) is 5.59. The quantitative estimate of drug-likeness (QED) is 0.837. The van der Waals surface area contributed by atoms with Crippen LogP contribution in [0.15, 0.2) is 18.2 Å². The van der Waals surface area contributed by atoms with Gasteiger partial charge in [-0.25, -0.2) is 0 Å². The van der Waals surface area contributed by atoms with E-state index in [-0.39, 0.29) is 36.1 Å². The molecule has 7 heteroatoms. The molecule has 0 saturated carbocycles. The van der Waals surface area contributed by atoms with E-state index in [4.69, 9.17) is 4.74 Å². The van der Waals surface area contributed by atoms with Crippen molar-refractivity contribution >= 4 is 17.7 Å². The predicted molar refractivity (Wildman–Crippen MR) is 93.4 cm³/mol. The minimum absolute atomic E-state index is 0.00415. The topological polar surface area (TPSA) is 79.0 Å². The Hall–Kier alpha value is -2.41. The lowest BCUT2D eigenvalue weighted by Gasteiger charge is -2.44. The van der Waals surface area contributed by atoms with Gasteiger partial charge in [0.25, 0.3) is 5.91 Å². The van der Waals surface area contributed by atoms with Gasteiger partial charge in [0.15, 0.2) is 0 Å². The normalized spacial score (nSPS) is 22.8. The van der Waals surface area contributed by atoms with Gasteiger partial charge in [0, 0.05) is 38.7 Å². The number of nitrogens with one attached hydrogen (secondary N) is 1. The Morgan fingerprint density at radius 2 is 2.00 bits per heavy atom. The lowest BCUT2D eigenvalue weighted by molar-refractivity contribution is -0.132. The summed E-state index contributed by atoms with van der Waals surface area (Å²) in [7, 11) is 1.59. The van der Waals surface area contributed by atoms with Crippen LogP contribution in [0.5, 0.6) is 0 Å². The molecule has 1 atom stereocenters. The Bertz CT molecular complexity index is 757. The minimum Gasteiger partial charge on any atom is -0.376 e. The van der Waals surface area contributed by atoms with Crippen LogP contribution in [-0.4, -0.2) is 66.9 Å². The molecule has 3 aliphatic heterocycles. The van der Waals surface area contributed by atoms with Gasteiger partial charge in [-0.3, -0.25) is 14.4 Å². The second-order valence-electron chi connectivity index (χ2n) is 7.21. The van der Waals surface area contributed by atoms with Gasteiger partial charge in [0.2, 0.25) is 11.8 Å². The number of hydrogen-bond acceptors (Lipinski definition) is 4. The predicted octanol–water partition coefficient (Wildman–Crippen LogP) is 0.178. The number of hydrogen-bond donors (Lipinski definition) is 1. The summed E-state index contributed by atoms with van der Waals surface area (Å²) in [4.78, 5) is 40.2. The number of rotatable bonds is 3. The van der Waals surface area contributed by atoms with Crippen molar-refractivity contribution in [1.29, 1.82) is 0 Å². The van der Waals surface area contributed by atoms with Crippen molar-refractivity contribution in [3.63, 3.8) is 0 Å². The SMILES string of the molecule is CNC(=O)C1CC(=O)N(C2CN(C(=O)c3ccc4c(c3)CCOC4)C2)C1. The molecule has 1 aromatic rings. The average molecular weight is 357 g/mol. The van der Waals surface area contributed by atoms with Crippen LogP contribution in [0.3, 0.4) is 0 Å². The first kappa shape index (κ1) is 17.0. The van der Waals surface area contributed by atoms with Crippen LogP contribution in [0.1, 0.15) is 27.9 Å². The zero-order valence-electron chi connectivity index (χ0n) is 14.9. The molecule has 2 saturated heterocycles. The molecular formula is C19H23N3O4. The third kappa shape index (κ3) is 2.96. The molecule has 0 radical (unpaired) electrons. The molecule has 26 heavy (non-hydrogen) atoms. The van der Waals surface area contributed by atoms with E-state index in [1.165, 1.54) is 5.56 Å². The summed E-state index contributed by atoms with van der Waals surface area (Å²) in [5, 5.41) is 2.61. The van der Waals surface area contributed by atoms with Gasteiger partial charge in [-0.05, 0) is 29.7 Å². The largest absolute Gasteiger partial charge is 0.376 e. The van der Waals surface area contributed by atoms with Crippen molar-refractivity contribution in [2.24, 2.45) is 5.92 Å². The molecule has 3 aliphatic rings. The standard InChI is InChI=1S/C19H23N3O4/c1-20-18(24)15-7-17(23)22(8-15)16-9-21(10-16)19(25)13-2-3-14-11-26-5-4-12(14)6-13/h2-3,6,15-16H,4-5,7-11H2,1H3,(H,20,24). The number of amides is 3. The van der Waals surface area contributed by atoms with Crippen molar-refractivity contribution < 1.29 is 19.1 Å². The Kier molecular flexibility index (Phi) is 4.40. The Labute approximate surface area is 152 Å². The summed E-state index contributed by atoms with van der Waals surface area (Å²) in [6.45, 7) is 2.82. The van der Waals surface area contributed by atoms with E-state index in [9.17, 15) is 14.4 Å². The molecule has 0 bridgehead atoms. The van der Waals surface area contributed by atoms with Gasteiger partial charge in [-0.2, -0.15) is 0 Å². The summed E-state index contributed by atoms with van der Waals surface area (Å²) in [6, 6.07) is 5.81. The highest BCUT2D eigenvalue weighted by molar-refractivity contribution is 5.95. The number of ether oxygens (including phenoxy) is 1. The maximum Gasteiger partial charge on any atom is 0.254 e. The summed E-state index contributed by atoms with van der Waals surface area (Å²) in [6.07, 6.45) is 1.10. The summed E-state index contributed by atoms with van der Waals surface area (Å²) in [5.74, 6) is -0.360. The van der Waals surface area contributed by atoms with Gasteiger partial charge in [0.1, 0.15) is 0 Å². The maximum absolute atomic E-state index is 12.7. The van der Waals surface area contributed by atoms with Crippen LogP contribution < -0.4 is 5.32 Å². The van der Waals surface area contributed by atoms with Gasteiger partial charge in [-0.1, -0.05) is 6.07 Å². The molecule has 0 spiro atoms. The van der Waals surface area contributed by atoms with E-state index in [0.717, 1.165) is 12.0 Å². The van der Waals surface area contributed by atoms with Crippen molar-refractivity contribution in [1.82, 2.24) is 15.1 Å². The maximum atomic E-state index is 12.7. The minimum atomic E-state index is -0.278. The van der Waals surface area contributed by atoms with Crippen LogP contribution in [0.2, 0.25) is 0 Å². The highest BCUT2D eigenvalue weighted by Gasteiger charge is 2.43. The van der Waals surface area contributed by atoms with Crippen molar-refractivity contribution in [3.8, 4) is 0 Å². The van der Waals surface area contributed by atoms with E-state index in [1.54, 1.807) is 16.8 Å². The van der Waals surface area contributed by atoms with Crippen molar-refractivity contribution in [2.75, 3.05) is 33.3 Å². The first-order valence-corrected chi connectivity index (χ1v) is 9.06. The fourth-order valence-corrected chi connectivity index (χ4v) is 3.96. The zero-order chi connectivity index (χ0) is 18.3. The number of nitrogens with zero attached hydrogens (tertiary/aromatic N) is 2. The van der Waals surface area contributed by atoms with Crippen LogP contribution in [0.25, 0.3) is 0 Å². The Morgan fingerprint density at radius 3 is 2.77 bits per heavy atom. The summed E-state index contributed by atoms with van der Waals surface area (Å²) in [5.41, 5.74) is 3.03. The molecule has 1 aromatic carbocycles. The van der Waals surface area contributed by atoms with E-state index in [0.29, 0.717) is 38.4 Å². The van der Waals surface area contributed by atoms with Crippen LogP contribution >= 0.6 is 0 Å². The molecule has 1 unspecified atom stereocenters. The average Bonchev–Trinajstić information content (AvgIpc) is 3.00. The fraction of sp³-hybridized carbons (Fsp3) is 0.526. The molecule has 4 rings (SSSR count). The second kappa shape index (κ2) is 6.72. The summed E-state index contributed by atoms with van der Waals surface area (Å²) >= 11 is 0. The van der Waals surface area contributed by atoms with E-state index >= 15 is 0 Å². The molecule has 3 amide bonds. The Morgan fingerprint density at radius 1 is 1.19 bits per heavy atom. The number of likely N-dealkylation sites (tertiary alicyclic amines) is 2. The smallest absolute Gasteiger partial charge is 0.254 e. The summed E-state index contributed by atoms with van der Waals surface area (Å²) < 4.78 is 5.43. The molecule has 0 aliphatic carbocycles. The van der Waals surface area contributed by atoms with Crippen molar-refractivity contribution in [3.05, 3.63) is 34.9 Å². The van der Waals surface area contributed by atoms with E-state index in [2.05, 4.69) is 5.32 Å². The number of carbonyl (C=O) groups is 3. The second-order valence-corrected chi connectivity index (χ2v) is 7.21. The van der Waals surface area contributed by atoms with Crippen molar-refractivity contribution in [2.45, 2.75) is 25.5 Å². The lowest BCUT2D eigenvalue weighted by atomic mass is 9.98. The number of fused-ring (bicyclic) bond motifs is 1. The zero-order valence-corrected chi connectivity index (χ0v) is 14.9. The monoisotopic (exact) mass is 357 g/mol. The third-order valence-electron chi connectivity index (χ3n) is 5.59. The van der Waals surface area contributed by atoms with Gasteiger partial charge < -0.3 is 19.9 Å². The first-order valence-electron chi connectivity index (χ1n) is 9.06. The van der Waals surface area contributed by atoms with Gasteiger partial charge in [0.05, 0.1) is 25.2 Å². The van der Waals surface area contributed by atoms with Gasteiger partial charge >= 0.3 is 0 Å². The highest BCUT2D eigenvalue weighted by atomic mass is 16.5. The highest BCUT2D eigenvalue weighted by Crippen LogP contribution is 2.27. The molecule has 138 valence electrons. The molecule has 0 aromatic heterocycles. The first-order chi connectivity index (χ1) is 12.6. The molecule has 1 N–H and O–H groups in total. The van der Waals surface area contributed by atoms with E-state index in [1.807, 2.05) is 18.2 Å². The Balaban J connectivity index is 1.37. The van der Waals surface area contributed by atoms with Crippen LogP contribution in [0.4, 0.5) is 0 Å². The van der Waals surface area contributed by atoms with E-state index < -0.39 is 0 Å². The molecule has 2 fully saturated rings. The molecular weight excluding hydrogens is 334 g/mol. The van der Waals surface area contributed by atoms with Crippen LogP contribution in [0, 0.1) is 5.92 Å². The number of benzene rings is 1. The van der Waals surface area contributed by atoms with Gasteiger partial charge in [-0.15, -0.1) is 0 Å². The lowest BCUT2D eigenvalue weighted by Crippen LogP contribution is -2.61. The molecule has 7 nitrogen and oxygen atoms in total. The molecule has 3 heterocycles.